The summed E-state index contributed by atoms with van der Waals surface area (Å²) in [7, 11) is -4.56. The third-order valence-electron chi connectivity index (χ3n) is 1.92. The molecule has 0 bridgehead atoms. The monoisotopic (exact) mass is 285 g/mol. The summed E-state index contributed by atoms with van der Waals surface area (Å²) in [4.78, 5) is 27.6. The molecule has 0 aliphatic carbocycles. The van der Waals surface area contributed by atoms with Crippen LogP contribution in [0.25, 0.3) is 0 Å². The first-order valence-corrected chi connectivity index (χ1v) is 6.13. The molecule has 5 N–H and O–H groups in total. The van der Waals surface area contributed by atoms with Gasteiger partial charge < -0.3 is 15.4 Å². The van der Waals surface area contributed by atoms with Crippen LogP contribution in [0.3, 0.4) is 0 Å². The summed E-state index contributed by atoms with van der Waals surface area (Å²) in [6.45, 7) is 0. The van der Waals surface area contributed by atoms with E-state index in [0.29, 0.717) is 5.56 Å². The third kappa shape index (κ3) is 6.51. The van der Waals surface area contributed by atoms with Crippen LogP contribution in [-0.2, 0) is 15.8 Å². The van der Waals surface area contributed by atoms with E-state index in [9.17, 15) is 9.36 Å². The van der Waals surface area contributed by atoms with E-state index in [1.165, 1.54) is 24.3 Å². The molecule has 0 aromatic heterocycles. The number of aliphatic carboxylic acids is 1. The number of hydrogen-bond acceptors (Lipinski definition) is 4. The van der Waals surface area contributed by atoms with Gasteiger partial charge in [0.1, 0.15) is 11.8 Å². The molecule has 0 fully saturated rings. The molecule has 0 amide bonds. The summed E-state index contributed by atoms with van der Waals surface area (Å²) in [6.07, 6.45) is 0.130. The van der Waals surface area contributed by atoms with Crippen LogP contribution in [0.2, 0.25) is 0 Å². The average molecular weight is 285 g/mol. The third-order valence-corrected chi connectivity index (χ3v) is 2.37. The van der Waals surface area contributed by atoms with Crippen molar-refractivity contribution in [1.29, 1.82) is 0 Å². The maximum absolute atomic E-state index is 10.5. The summed E-state index contributed by atoms with van der Waals surface area (Å²) in [5, 5.41) is 8.60. The fourth-order valence-corrected chi connectivity index (χ4v) is 1.56. The van der Waals surface area contributed by atoms with Gasteiger partial charge in [-0.05, 0) is 24.1 Å². The van der Waals surface area contributed by atoms with Crippen LogP contribution in [0, 0.1) is 0 Å². The van der Waals surface area contributed by atoms with Gasteiger partial charge in [0.25, 0.3) is 0 Å². The Morgan fingerprint density at radius 2 is 1.83 bits per heavy atom. The molecule has 1 unspecified atom stereocenters. The van der Waals surface area contributed by atoms with Gasteiger partial charge in [-0.3, -0.25) is 14.6 Å². The van der Waals surface area contributed by atoms with Gasteiger partial charge in [-0.25, -0.2) is 4.57 Å². The van der Waals surface area contributed by atoms with E-state index in [-0.39, 0.29) is 41.7 Å². The van der Waals surface area contributed by atoms with E-state index in [2.05, 4.69) is 4.52 Å². The minimum absolute atomic E-state index is 0. The van der Waals surface area contributed by atoms with Gasteiger partial charge in [-0.2, -0.15) is 0 Å². The number of nitrogens with two attached hydrogens (primary N) is 1. The molecule has 0 aliphatic rings. The van der Waals surface area contributed by atoms with E-state index in [1.54, 1.807) is 0 Å². The summed E-state index contributed by atoms with van der Waals surface area (Å²) < 4.78 is 14.9. The zero-order valence-corrected chi connectivity index (χ0v) is 9.58. The predicted molar refractivity (Wildman–Crippen MR) is 65.6 cm³/mol. The Labute approximate surface area is 125 Å². The van der Waals surface area contributed by atoms with Crippen LogP contribution in [0.1, 0.15) is 5.56 Å². The van der Waals surface area contributed by atoms with E-state index < -0.39 is 19.8 Å². The minimum atomic E-state index is -4.56. The number of carboxylic acid groups (broad SMARTS) is 1. The SMILES string of the molecule is NC(Cc1ccc(OP(=O)(O)O)cc1)C(=O)O.[NaH]. The van der Waals surface area contributed by atoms with Crippen molar-refractivity contribution in [2.45, 2.75) is 12.5 Å². The fourth-order valence-electron chi connectivity index (χ4n) is 1.16. The number of phosphoric ester groups is 1. The second-order valence-electron chi connectivity index (χ2n) is 3.37. The molecular weight excluding hydrogens is 272 g/mol. The first-order valence-electron chi connectivity index (χ1n) is 4.60. The molecule has 0 heterocycles. The summed E-state index contributed by atoms with van der Waals surface area (Å²) in [6, 6.07) is 4.65. The Morgan fingerprint density at radius 3 is 2.22 bits per heavy atom. The Balaban J connectivity index is 0.00000289. The summed E-state index contributed by atoms with van der Waals surface area (Å²) in [5.41, 5.74) is 5.97. The molecule has 0 spiro atoms. The van der Waals surface area contributed by atoms with Crippen molar-refractivity contribution < 1.29 is 28.8 Å². The topological polar surface area (TPSA) is 130 Å². The Kier molecular flexibility index (Phi) is 7.09. The van der Waals surface area contributed by atoms with Gasteiger partial charge in [-0.1, -0.05) is 12.1 Å². The molecule has 7 nitrogen and oxygen atoms in total. The van der Waals surface area contributed by atoms with Crippen molar-refractivity contribution in [2.24, 2.45) is 5.73 Å². The van der Waals surface area contributed by atoms with Crippen LogP contribution in [0.15, 0.2) is 24.3 Å². The zero-order valence-electron chi connectivity index (χ0n) is 8.68. The van der Waals surface area contributed by atoms with Gasteiger partial charge in [-0.15, -0.1) is 0 Å². The van der Waals surface area contributed by atoms with Crippen molar-refractivity contribution >= 4 is 43.3 Å². The van der Waals surface area contributed by atoms with E-state index >= 15 is 0 Å². The number of carboxylic acids is 1. The van der Waals surface area contributed by atoms with Gasteiger partial charge >= 0.3 is 43.3 Å². The number of carbonyl (C=O) groups is 1. The van der Waals surface area contributed by atoms with E-state index in [4.69, 9.17) is 20.6 Å². The molecule has 1 aromatic rings. The van der Waals surface area contributed by atoms with Gasteiger partial charge in [0.05, 0.1) is 0 Å². The molecule has 18 heavy (non-hydrogen) atoms. The van der Waals surface area contributed by atoms with E-state index in [0.717, 1.165) is 0 Å². The molecule has 96 valence electrons. The second-order valence-corrected chi connectivity index (χ2v) is 4.54. The van der Waals surface area contributed by atoms with Gasteiger partial charge in [0.2, 0.25) is 0 Å². The second kappa shape index (κ2) is 7.25. The predicted octanol–water partition coefficient (Wildman–Crippen LogP) is -0.536. The molecule has 0 saturated carbocycles. The number of rotatable bonds is 5. The van der Waals surface area contributed by atoms with Crippen LogP contribution in [-0.4, -0.2) is 56.5 Å². The van der Waals surface area contributed by atoms with Crippen molar-refractivity contribution in [2.75, 3.05) is 0 Å². The fraction of sp³-hybridized carbons (Fsp3) is 0.222. The van der Waals surface area contributed by atoms with Crippen molar-refractivity contribution in [1.82, 2.24) is 0 Å². The van der Waals surface area contributed by atoms with Gasteiger partial charge in [0.15, 0.2) is 0 Å². The Bertz CT molecular complexity index is 445. The maximum atomic E-state index is 10.5. The van der Waals surface area contributed by atoms with Crippen molar-refractivity contribution in [3.8, 4) is 5.75 Å². The van der Waals surface area contributed by atoms with Crippen LogP contribution in [0.4, 0.5) is 0 Å². The molecule has 0 aliphatic heterocycles. The zero-order chi connectivity index (χ0) is 13.1. The van der Waals surface area contributed by atoms with E-state index in [1.807, 2.05) is 0 Å². The molecule has 0 radical (unpaired) electrons. The molecule has 0 saturated heterocycles. The molecule has 1 rings (SSSR count). The number of benzene rings is 1. The van der Waals surface area contributed by atoms with Crippen molar-refractivity contribution in [3.63, 3.8) is 0 Å². The summed E-state index contributed by atoms with van der Waals surface area (Å²) in [5.74, 6) is -1.11. The molecule has 9 heteroatoms. The van der Waals surface area contributed by atoms with Crippen molar-refractivity contribution in [3.05, 3.63) is 29.8 Å². The standard InChI is InChI=1S/C9H12NO6P.Na.H/c10-8(9(11)12)5-6-1-3-7(4-2-6)16-17(13,14)15;;/h1-4,8H,5,10H2,(H,11,12)(H2,13,14,15);;. The molecule has 1 atom stereocenters. The average Bonchev–Trinajstić information content (AvgIpc) is 2.18. The Hall–Kier alpha value is -0.400. The molecular formula is C9H13NNaO6P. The normalized spacial score (nSPS) is 12.4. The molecule has 1 aromatic carbocycles. The van der Waals surface area contributed by atoms with Crippen LogP contribution < -0.4 is 10.3 Å². The quantitative estimate of drug-likeness (QED) is 0.422. The summed E-state index contributed by atoms with van der Waals surface area (Å²) >= 11 is 0. The number of phosphoric acid groups is 1. The van der Waals surface area contributed by atoms with Gasteiger partial charge in [0, 0.05) is 0 Å². The first kappa shape index (κ1) is 17.6. The van der Waals surface area contributed by atoms with Crippen LogP contribution >= 0.6 is 7.82 Å². The van der Waals surface area contributed by atoms with Crippen LogP contribution in [0.5, 0.6) is 5.75 Å². The Morgan fingerprint density at radius 1 is 1.33 bits per heavy atom. The first-order chi connectivity index (χ1) is 7.78. The number of hydrogen-bond donors (Lipinski definition) is 4.